The second kappa shape index (κ2) is 6.25. The molecule has 2 aliphatic rings. The summed E-state index contributed by atoms with van der Waals surface area (Å²) in [6.07, 6.45) is 4.37. The first kappa shape index (κ1) is 13.4. The van der Waals surface area contributed by atoms with Crippen molar-refractivity contribution in [3.63, 3.8) is 0 Å². The highest BCUT2D eigenvalue weighted by Crippen LogP contribution is 2.29. The van der Waals surface area contributed by atoms with E-state index in [1.165, 1.54) is 24.9 Å². The maximum Gasteiger partial charge on any atom is 0.0730 e. The van der Waals surface area contributed by atoms with Crippen LogP contribution in [0.15, 0.2) is 28.7 Å². The maximum atomic E-state index is 5.85. The lowest BCUT2D eigenvalue weighted by Gasteiger charge is -2.37. The van der Waals surface area contributed by atoms with Gasteiger partial charge in [0.2, 0.25) is 0 Å². The molecule has 104 valence electrons. The van der Waals surface area contributed by atoms with E-state index in [1.807, 2.05) is 6.07 Å². The van der Waals surface area contributed by atoms with Crippen molar-refractivity contribution in [2.24, 2.45) is 0 Å². The molecule has 1 saturated carbocycles. The number of nitrogens with one attached hydrogen (secondary N) is 1. The minimum atomic E-state index is 0.497. The molecule has 1 heterocycles. The molecule has 1 aromatic rings. The molecule has 1 aromatic carbocycles. The lowest BCUT2D eigenvalue weighted by molar-refractivity contribution is -0.0539. The van der Waals surface area contributed by atoms with Gasteiger partial charge in [0.25, 0.3) is 0 Å². The largest absolute Gasteiger partial charge is 0.383 e. The van der Waals surface area contributed by atoms with Crippen molar-refractivity contribution < 1.29 is 4.74 Å². The van der Waals surface area contributed by atoms with E-state index in [0.29, 0.717) is 12.1 Å². The van der Waals surface area contributed by atoms with E-state index in [2.05, 4.69) is 44.3 Å². The smallest absolute Gasteiger partial charge is 0.0730 e. The van der Waals surface area contributed by atoms with Crippen LogP contribution in [0.3, 0.4) is 0 Å². The average Bonchev–Trinajstić information content (AvgIpc) is 2.90. The fourth-order valence-electron chi connectivity index (χ4n) is 3.22. The summed E-state index contributed by atoms with van der Waals surface area (Å²) in [6, 6.07) is 8.95. The highest BCUT2D eigenvalue weighted by Gasteiger charge is 2.35. The van der Waals surface area contributed by atoms with Crippen molar-refractivity contribution in [3.05, 3.63) is 28.7 Å². The molecule has 0 amide bonds. The third-order valence-electron chi connectivity index (χ3n) is 4.19. The van der Waals surface area contributed by atoms with Crippen LogP contribution in [0.25, 0.3) is 0 Å². The van der Waals surface area contributed by atoms with Crippen LogP contribution >= 0.6 is 15.9 Å². The fourth-order valence-corrected chi connectivity index (χ4v) is 3.65. The van der Waals surface area contributed by atoms with Crippen LogP contribution in [0.5, 0.6) is 0 Å². The monoisotopic (exact) mass is 324 g/mol. The number of hydrogen-bond acceptors (Lipinski definition) is 3. The van der Waals surface area contributed by atoms with E-state index in [1.54, 1.807) is 0 Å². The number of morpholine rings is 1. The number of ether oxygens (including phenoxy) is 1. The van der Waals surface area contributed by atoms with E-state index < -0.39 is 0 Å². The number of rotatable bonds is 4. The van der Waals surface area contributed by atoms with Crippen molar-refractivity contribution in [3.8, 4) is 0 Å². The maximum absolute atomic E-state index is 5.85. The van der Waals surface area contributed by atoms with E-state index in [0.717, 1.165) is 30.7 Å². The SMILES string of the molecule is Brc1ccccc1NCCN1CCOC2CCCC21. The molecule has 2 atom stereocenters. The zero-order valence-electron chi connectivity index (χ0n) is 11.1. The zero-order chi connectivity index (χ0) is 13.1. The topological polar surface area (TPSA) is 24.5 Å². The van der Waals surface area contributed by atoms with Gasteiger partial charge in [-0.3, -0.25) is 4.90 Å². The minimum Gasteiger partial charge on any atom is -0.383 e. The third-order valence-corrected chi connectivity index (χ3v) is 4.88. The van der Waals surface area contributed by atoms with Gasteiger partial charge >= 0.3 is 0 Å². The van der Waals surface area contributed by atoms with Gasteiger partial charge < -0.3 is 10.1 Å². The number of hydrogen-bond donors (Lipinski definition) is 1. The van der Waals surface area contributed by atoms with Gasteiger partial charge in [0.1, 0.15) is 0 Å². The molecule has 4 heteroatoms. The standard InChI is InChI=1S/C15H21BrN2O/c16-12-4-1-2-5-13(12)17-8-9-18-10-11-19-15-7-3-6-14(15)18/h1-2,4-5,14-15,17H,3,6-11H2. The number of nitrogens with zero attached hydrogens (tertiary/aromatic N) is 1. The Bertz CT molecular complexity index is 426. The van der Waals surface area contributed by atoms with Crippen LogP contribution < -0.4 is 5.32 Å². The molecular weight excluding hydrogens is 304 g/mol. The van der Waals surface area contributed by atoms with Crippen molar-refractivity contribution in [1.29, 1.82) is 0 Å². The van der Waals surface area contributed by atoms with Crippen LogP contribution in [0, 0.1) is 0 Å². The molecule has 0 aromatic heterocycles. The Morgan fingerprint density at radius 1 is 1.32 bits per heavy atom. The molecule has 1 aliphatic carbocycles. The summed E-state index contributed by atoms with van der Waals surface area (Å²) in [5.74, 6) is 0. The van der Waals surface area contributed by atoms with Gasteiger partial charge in [0.05, 0.1) is 12.7 Å². The van der Waals surface area contributed by atoms with Gasteiger partial charge in [-0.15, -0.1) is 0 Å². The Hall–Kier alpha value is -0.580. The van der Waals surface area contributed by atoms with E-state index >= 15 is 0 Å². The summed E-state index contributed by atoms with van der Waals surface area (Å²) in [6.45, 7) is 4.08. The van der Waals surface area contributed by atoms with Gasteiger partial charge in [0.15, 0.2) is 0 Å². The first-order valence-electron chi connectivity index (χ1n) is 7.18. The number of fused-ring (bicyclic) bond motifs is 1. The molecule has 1 aliphatic heterocycles. The van der Waals surface area contributed by atoms with Gasteiger partial charge in [-0.05, 0) is 47.3 Å². The summed E-state index contributed by atoms with van der Waals surface area (Å²) in [5.41, 5.74) is 1.18. The summed E-state index contributed by atoms with van der Waals surface area (Å²) in [7, 11) is 0. The van der Waals surface area contributed by atoms with Gasteiger partial charge in [-0.1, -0.05) is 12.1 Å². The molecule has 0 bridgehead atoms. The Kier molecular flexibility index (Phi) is 4.41. The molecule has 2 fully saturated rings. The van der Waals surface area contributed by atoms with Crippen LogP contribution in [-0.4, -0.2) is 43.3 Å². The summed E-state index contributed by atoms with van der Waals surface area (Å²) >= 11 is 3.57. The van der Waals surface area contributed by atoms with Crippen molar-refractivity contribution >= 4 is 21.6 Å². The van der Waals surface area contributed by atoms with Crippen LogP contribution in [0.2, 0.25) is 0 Å². The number of anilines is 1. The van der Waals surface area contributed by atoms with E-state index in [4.69, 9.17) is 4.74 Å². The Morgan fingerprint density at radius 2 is 2.21 bits per heavy atom. The van der Waals surface area contributed by atoms with Gasteiger partial charge in [-0.25, -0.2) is 0 Å². The van der Waals surface area contributed by atoms with Crippen molar-refractivity contribution in [1.82, 2.24) is 4.90 Å². The lowest BCUT2D eigenvalue weighted by atomic mass is 10.1. The fraction of sp³-hybridized carbons (Fsp3) is 0.600. The third kappa shape index (κ3) is 3.12. The molecule has 0 radical (unpaired) electrons. The van der Waals surface area contributed by atoms with Crippen LogP contribution in [0.4, 0.5) is 5.69 Å². The minimum absolute atomic E-state index is 0.497. The predicted molar refractivity (Wildman–Crippen MR) is 81.6 cm³/mol. The number of benzene rings is 1. The molecule has 2 unspecified atom stereocenters. The van der Waals surface area contributed by atoms with Crippen LogP contribution in [0.1, 0.15) is 19.3 Å². The summed E-state index contributed by atoms with van der Waals surface area (Å²) in [5, 5.41) is 3.51. The molecule has 3 nitrogen and oxygen atoms in total. The first-order chi connectivity index (χ1) is 9.34. The number of halogens is 1. The Morgan fingerprint density at radius 3 is 3.11 bits per heavy atom. The lowest BCUT2D eigenvalue weighted by Crippen LogP contribution is -2.49. The highest BCUT2D eigenvalue weighted by atomic mass is 79.9. The number of para-hydroxylation sites is 1. The normalized spacial score (nSPS) is 27.2. The predicted octanol–water partition coefficient (Wildman–Crippen LogP) is 3.11. The molecule has 3 rings (SSSR count). The molecule has 1 saturated heterocycles. The summed E-state index contributed by atoms with van der Waals surface area (Å²) < 4.78 is 6.98. The van der Waals surface area contributed by atoms with Crippen molar-refractivity contribution in [2.75, 3.05) is 31.6 Å². The van der Waals surface area contributed by atoms with E-state index in [-0.39, 0.29) is 0 Å². The Balaban J connectivity index is 1.51. The van der Waals surface area contributed by atoms with Crippen molar-refractivity contribution in [2.45, 2.75) is 31.4 Å². The highest BCUT2D eigenvalue weighted by molar-refractivity contribution is 9.10. The van der Waals surface area contributed by atoms with Gasteiger partial charge in [-0.2, -0.15) is 0 Å². The second-order valence-corrected chi connectivity index (χ2v) is 6.20. The quantitative estimate of drug-likeness (QED) is 0.921. The zero-order valence-corrected chi connectivity index (χ0v) is 12.7. The first-order valence-corrected chi connectivity index (χ1v) is 7.98. The molecule has 1 N–H and O–H groups in total. The van der Waals surface area contributed by atoms with Crippen LogP contribution in [-0.2, 0) is 4.74 Å². The van der Waals surface area contributed by atoms with E-state index in [9.17, 15) is 0 Å². The van der Waals surface area contributed by atoms with Gasteiger partial charge in [0, 0.05) is 35.8 Å². The molecular formula is C15H21BrN2O. The summed E-state index contributed by atoms with van der Waals surface area (Å²) in [4.78, 5) is 2.60. The molecule has 0 spiro atoms. The second-order valence-electron chi connectivity index (χ2n) is 5.35. The molecule has 19 heavy (non-hydrogen) atoms. The average molecular weight is 325 g/mol. The Labute approximate surface area is 123 Å².